The van der Waals surface area contributed by atoms with Gasteiger partial charge in [-0.1, -0.05) is 35.9 Å². The number of nitrogens with zero attached hydrogens (tertiary/aromatic N) is 3. The highest BCUT2D eigenvalue weighted by Crippen LogP contribution is 2.27. The van der Waals surface area contributed by atoms with Crippen LogP contribution in [0.4, 0.5) is 0 Å². The molecule has 0 fully saturated rings. The van der Waals surface area contributed by atoms with E-state index in [1.807, 2.05) is 6.07 Å². The first-order chi connectivity index (χ1) is 13.9. The number of carbonyl (C=O) groups is 2. The Kier molecular flexibility index (Phi) is 5.84. The zero-order valence-corrected chi connectivity index (χ0v) is 16.7. The van der Waals surface area contributed by atoms with E-state index >= 15 is 0 Å². The first-order valence-electron chi connectivity index (χ1n) is 8.88. The van der Waals surface area contributed by atoms with Gasteiger partial charge in [-0.25, -0.2) is 4.98 Å². The molecular formula is C20H20ClN5O3. The molecule has 0 radical (unpaired) electrons. The van der Waals surface area contributed by atoms with E-state index in [1.165, 1.54) is 22.2 Å². The SMILES string of the molecule is C=CCn1c(-c2ccccc2Cl)cn2cc(C(=O)N[C@H](C)C(=O)NC)nc2c1=O. The van der Waals surface area contributed by atoms with Crippen molar-refractivity contribution in [1.29, 1.82) is 0 Å². The Morgan fingerprint density at radius 3 is 2.69 bits per heavy atom. The zero-order chi connectivity index (χ0) is 21.1. The predicted octanol–water partition coefficient (Wildman–Crippen LogP) is 1.87. The van der Waals surface area contributed by atoms with E-state index in [0.717, 1.165) is 0 Å². The Balaban J connectivity index is 2.11. The van der Waals surface area contributed by atoms with Crippen molar-refractivity contribution in [3.8, 4) is 11.3 Å². The van der Waals surface area contributed by atoms with E-state index in [0.29, 0.717) is 16.3 Å². The number of rotatable bonds is 6. The fourth-order valence-electron chi connectivity index (χ4n) is 2.94. The van der Waals surface area contributed by atoms with Gasteiger partial charge in [-0.05, 0) is 13.0 Å². The van der Waals surface area contributed by atoms with E-state index in [4.69, 9.17) is 11.6 Å². The number of likely N-dealkylation sites (N-methyl/N-ethyl adjacent to an activating group) is 1. The largest absolute Gasteiger partial charge is 0.357 e. The summed E-state index contributed by atoms with van der Waals surface area (Å²) in [4.78, 5) is 41.3. The van der Waals surface area contributed by atoms with Gasteiger partial charge in [-0.15, -0.1) is 6.58 Å². The molecule has 1 aromatic carbocycles. The highest BCUT2D eigenvalue weighted by atomic mass is 35.5. The second kappa shape index (κ2) is 8.32. The highest BCUT2D eigenvalue weighted by molar-refractivity contribution is 6.33. The van der Waals surface area contributed by atoms with Gasteiger partial charge in [0.15, 0.2) is 0 Å². The number of aromatic nitrogens is 3. The van der Waals surface area contributed by atoms with Gasteiger partial charge < -0.3 is 10.6 Å². The first kappa shape index (κ1) is 20.3. The lowest BCUT2D eigenvalue weighted by atomic mass is 10.1. The number of hydrogen-bond acceptors (Lipinski definition) is 4. The molecule has 0 saturated heterocycles. The van der Waals surface area contributed by atoms with Crippen LogP contribution in [0.5, 0.6) is 0 Å². The molecular weight excluding hydrogens is 394 g/mol. The molecule has 0 aliphatic heterocycles. The van der Waals surface area contributed by atoms with Crippen LogP contribution in [-0.2, 0) is 11.3 Å². The van der Waals surface area contributed by atoms with Crippen LogP contribution in [0.2, 0.25) is 5.02 Å². The van der Waals surface area contributed by atoms with E-state index in [-0.39, 0.29) is 29.4 Å². The maximum atomic E-state index is 13.0. The Morgan fingerprint density at radius 2 is 2.03 bits per heavy atom. The molecule has 8 nitrogen and oxygen atoms in total. The molecule has 9 heteroatoms. The van der Waals surface area contributed by atoms with E-state index < -0.39 is 11.9 Å². The van der Waals surface area contributed by atoms with Gasteiger partial charge in [0.05, 0.1) is 5.69 Å². The van der Waals surface area contributed by atoms with Crippen LogP contribution < -0.4 is 16.2 Å². The summed E-state index contributed by atoms with van der Waals surface area (Å²) in [5.74, 6) is -0.893. The topological polar surface area (TPSA) is 97.5 Å². The lowest BCUT2D eigenvalue weighted by Crippen LogP contribution is -2.43. The standard InChI is InChI=1S/C20H20ClN5O3/c1-4-9-26-16(13-7-5-6-8-14(13)21)11-25-10-15(24-17(25)20(26)29)19(28)23-12(2)18(27)22-3/h4-8,10-12H,1,9H2,2-3H3,(H,22,27)(H,23,28)/t12-/m1/s1. The zero-order valence-electron chi connectivity index (χ0n) is 16.0. The summed E-state index contributed by atoms with van der Waals surface area (Å²) in [6, 6.07) is 6.41. The number of halogens is 1. The summed E-state index contributed by atoms with van der Waals surface area (Å²) >= 11 is 6.32. The maximum Gasteiger partial charge on any atom is 0.295 e. The molecule has 2 heterocycles. The summed E-state index contributed by atoms with van der Waals surface area (Å²) < 4.78 is 2.98. The lowest BCUT2D eigenvalue weighted by Gasteiger charge is -2.13. The van der Waals surface area contributed by atoms with E-state index in [2.05, 4.69) is 22.2 Å². The number of allylic oxidation sites excluding steroid dienone is 1. The number of amides is 2. The predicted molar refractivity (Wildman–Crippen MR) is 111 cm³/mol. The number of imidazole rings is 1. The summed E-state index contributed by atoms with van der Waals surface area (Å²) in [7, 11) is 1.48. The lowest BCUT2D eigenvalue weighted by molar-refractivity contribution is -0.122. The molecule has 0 unspecified atom stereocenters. The minimum atomic E-state index is -0.742. The van der Waals surface area contributed by atoms with Crippen LogP contribution in [0.25, 0.3) is 16.9 Å². The molecule has 0 saturated carbocycles. The highest BCUT2D eigenvalue weighted by Gasteiger charge is 2.20. The minimum absolute atomic E-state index is 0.0271. The molecule has 150 valence electrons. The quantitative estimate of drug-likeness (QED) is 0.603. The average molecular weight is 414 g/mol. The summed E-state index contributed by atoms with van der Waals surface area (Å²) in [6.07, 6.45) is 4.73. The number of hydrogen-bond donors (Lipinski definition) is 2. The molecule has 0 spiro atoms. The van der Waals surface area contributed by atoms with Gasteiger partial charge in [0, 0.05) is 36.6 Å². The molecule has 0 aliphatic carbocycles. The number of fused-ring (bicyclic) bond motifs is 1. The molecule has 2 N–H and O–H groups in total. The molecule has 3 rings (SSSR count). The molecule has 3 aromatic rings. The third-order valence-corrected chi connectivity index (χ3v) is 4.73. The number of nitrogens with one attached hydrogen (secondary N) is 2. The number of benzene rings is 1. The van der Waals surface area contributed by atoms with Gasteiger partial charge >= 0.3 is 0 Å². The second-order valence-corrected chi connectivity index (χ2v) is 6.77. The van der Waals surface area contributed by atoms with E-state index in [9.17, 15) is 14.4 Å². The van der Waals surface area contributed by atoms with E-state index in [1.54, 1.807) is 37.4 Å². The van der Waals surface area contributed by atoms with Gasteiger partial charge in [0.2, 0.25) is 11.6 Å². The molecule has 2 amide bonds. The van der Waals surface area contributed by atoms with Crippen molar-refractivity contribution in [2.24, 2.45) is 0 Å². The molecule has 0 bridgehead atoms. The van der Waals surface area contributed by atoms with Crippen LogP contribution in [-0.4, -0.2) is 38.9 Å². The van der Waals surface area contributed by atoms with Gasteiger partial charge in [0.25, 0.3) is 11.5 Å². The maximum absolute atomic E-state index is 13.0. The first-order valence-corrected chi connectivity index (χ1v) is 9.26. The fraction of sp³-hybridized carbons (Fsp3) is 0.200. The van der Waals surface area contributed by atoms with Crippen molar-refractivity contribution in [1.82, 2.24) is 24.6 Å². The molecule has 0 aliphatic rings. The van der Waals surface area contributed by atoms with Crippen molar-refractivity contribution in [3.05, 3.63) is 70.4 Å². The molecule has 1 atom stereocenters. The van der Waals surface area contributed by atoms with Crippen LogP contribution in [0.1, 0.15) is 17.4 Å². The Bertz CT molecular complexity index is 1160. The van der Waals surface area contributed by atoms with Crippen LogP contribution in [0.3, 0.4) is 0 Å². The Morgan fingerprint density at radius 1 is 1.31 bits per heavy atom. The molecule has 29 heavy (non-hydrogen) atoms. The molecule has 2 aromatic heterocycles. The summed E-state index contributed by atoms with van der Waals surface area (Å²) in [6.45, 7) is 5.51. The van der Waals surface area contributed by atoms with Crippen molar-refractivity contribution in [2.75, 3.05) is 7.05 Å². The van der Waals surface area contributed by atoms with Gasteiger partial charge in [-0.2, -0.15) is 0 Å². The van der Waals surface area contributed by atoms with Crippen LogP contribution >= 0.6 is 11.6 Å². The minimum Gasteiger partial charge on any atom is -0.357 e. The third-order valence-electron chi connectivity index (χ3n) is 4.40. The summed E-state index contributed by atoms with van der Waals surface area (Å²) in [5.41, 5.74) is 0.958. The van der Waals surface area contributed by atoms with Gasteiger partial charge in [-0.3, -0.25) is 23.4 Å². The Hall–Kier alpha value is -3.39. The van der Waals surface area contributed by atoms with Crippen molar-refractivity contribution < 1.29 is 9.59 Å². The fourth-order valence-corrected chi connectivity index (χ4v) is 3.17. The second-order valence-electron chi connectivity index (χ2n) is 6.37. The van der Waals surface area contributed by atoms with Crippen molar-refractivity contribution in [3.63, 3.8) is 0 Å². The van der Waals surface area contributed by atoms with Crippen molar-refractivity contribution >= 4 is 29.1 Å². The number of carbonyl (C=O) groups excluding carboxylic acids is 2. The normalized spacial score (nSPS) is 11.8. The monoisotopic (exact) mass is 413 g/mol. The van der Waals surface area contributed by atoms with Crippen LogP contribution in [0.15, 0.2) is 54.1 Å². The average Bonchev–Trinajstić information content (AvgIpc) is 3.14. The van der Waals surface area contributed by atoms with Crippen molar-refractivity contribution in [2.45, 2.75) is 19.5 Å². The van der Waals surface area contributed by atoms with Crippen LogP contribution in [0, 0.1) is 0 Å². The summed E-state index contributed by atoms with van der Waals surface area (Å²) in [5, 5.41) is 5.49. The third kappa shape index (κ3) is 3.93. The Labute approximate surface area is 171 Å². The van der Waals surface area contributed by atoms with Gasteiger partial charge in [0.1, 0.15) is 11.7 Å². The smallest absolute Gasteiger partial charge is 0.295 e.